The lowest BCUT2D eigenvalue weighted by Gasteiger charge is -2.01. The molecule has 1 heterocycles. The summed E-state index contributed by atoms with van der Waals surface area (Å²) in [6, 6.07) is 9.13. The van der Waals surface area contributed by atoms with Gasteiger partial charge in [0.25, 0.3) is 0 Å². The average molecular weight is 323 g/mol. The summed E-state index contributed by atoms with van der Waals surface area (Å²) < 4.78 is 10.7. The van der Waals surface area contributed by atoms with Crippen LogP contribution in [0.25, 0.3) is 21.9 Å². The largest absolute Gasteiger partial charge is 0.466 e. The van der Waals surface area contributed by atoms with Crippen molar-refractivity contribution in [3.05, 3.63) is 45.9 Å². The number of rotatable bonds is 3. The minimum Gasteiger partial charge on any atom is -0.466 e. The van der Waals surface area contributed by atoms with Gasteiger partial charge in [0.2, 0.25) is 0 Å². The number of ether oxygens (including phenoxy) is 1. The minimum absolute atomic E-state index is 0.225. The Morgan fingerprint density at radius 1 is 1.10 bits per heavy atom. The van der Waals surface area contributed by atoms with E-state index < -0.39 is 0 Å². The van der Waals surface area contributed by atoms with Gasteiger partial charge in [-0.15, -0.1) is 0 Å². The quantitative estimate of drug-likeness (QED) is 0.637. The Balaban J connectivity index is 2.06. The van der Waals surface area contributed by atoms with Crippen molar-refractivity contribution in [2.24, 2.45) is 0 Å². The minimum atomic E-state index is -0.251. The van der Waals surface area contributed by atoms with Crippen molar-refractivity contribution < 1.29 is 13.9 Å². The van der Waals surface area contributed by atoms with Crippen LogP contribution in [0.2, 0.25) is 10.0 Å². The molecule has 3 aromatic rings. The Morgan fingerprint density at radius 3 is 2.57 bits per heavy atom. The molecule has 5 heteroatoms. The predicted molar refractivity (Wildman–Crippen MR) is 84.1 cm³/mol. The zero-order chi connectivity index (χ0) is 15.0. The monoisotopic (exact) mass is 322 g/mol. The van der Waals surface area contributed by atoms with Crippen molar-refractivity contribution in [3.63, 3.8) is 0 Å². The van der Waals surface area contributed by atoms with E-state index in [0.29, 0.717) is 27.8 Å². The predicted octanol–water partition coefficient (Wildman–Crippen LogP) is 5.00. The van der Waals surface area contributed by atoms with Crippen LogP contribution in [0, 0.1) is 0 Å². The number of halogens is 2. The van der Waals surface area contributed by atoms with E-state index in [0.717, 1.165) is 16.3 Å². The fourth-order valence-corrected chi connectivity index (χ4v) is 2.62. The van der Waals surface area contributed by atoms with Gasteiger partial charge in [-0.25, -0.2) is 0 Å². The van der Waals surface area contributed by atoms with Gasteiger partial charge in [0, 0.05) is 16.8 Å². The summed E-state index contributed by atoms with van der Waals surface area (Å²) in [5, 5.41) is 2.79. The SMILES string of the molecule is CCOC(=O)Cc1ccc2c(c1)oc1cc(Cl)c(Cl)cc12. The van der Waals surface area contributed by atoms with Crippen LogP contribution in [0.5, 0.6) is 0 Å². The van der Waals surface area contributed by atoms with E-state index >= 15 is 0 Å². The third kappa shape index (κ3) is 2.71. The first-order valence-corrected chi connectivity index (χ1v) is 7.30. The van der Waals surface area contributed by atoms with Crippen LogP contribution in [0.4, 0.5) is 0 Å². The molecule has 0 N–H and O–H groups in total. The maximum absolute atomic E-state index is 11.5. The molecular formula is C16H12Cl2O3. The average Bonchev–Trinajstić information content (AvgIpc) is 2.76. The van der Waals surface area contributed by atoms with Gasteiger partial charge in [0.1, 0.15) is 11.2 Å². The molecule has 108 valence electrons. The molecule has 0 spiro atoms. The molecule has 0 saturated heterocycles. The van der Waals surface area contributed by atoms with Gasteiger partial charge < -0.3 is 9.15 Å². The highest BCUT2D eigenvalue weighted by Crippen LogP contribution is 2.35. The van der Waals surface area contributed by atoms with Crippen LogP contribution < -0.4 is 0 Å². The molecule has 0 fully saturated rings. The van der Waals surface area contributed by atoms with Gasteiger partial charge in [-0.05, 0) is 24.6 Å². The fraction of sp³-hybridized carbons (Fsp3) is 0.188. The molecule has 0 amide bonds. The zero-order valence-electron chi connectivity index (χ0n) is 11.3. The number of furan rings is 1. The Bertz CT molecular complexity index is 836. The Kier molecular flexibility index (Phi) is 3.79. The molecule has 0 bridgehead atoms. The molecule has 0 unspecified atom stereocenters. The molecule has 0 aliphatic carbocycles. The molecule has 0 saturated carbocycles. The molecule has 0 aliphatic heterocycles. The van der Waals surface area contributed by atoms with Crippen molar-refractivity contribution in [1.82, 2.24) is 0 Å². The number of esters is 1. The number of carbonyl (C=O) groups is 1. The van der Waals surface area contributed by atoms with E-state index in [1.807, 2.05) is 18.2 Å². The van der Waals surface area contributed by atoms with Crippen LogP contribution in [-0.4, -0.2) is 12.6 Å². The van der Waals surface area contributed by atoms with Gasteiger partial charge in [0.05, 0.1) is 23.1 Å². The van der Waals surface area contributed by atoms with Gasteiger partial charge >= 0.3 is 5.97 Å². The lowest BCUT2D eigenvalue weighted by atomic mass is 10.1. The summed E-state index contributed by atoms with van der Waals surface area (Å²) >= 11 is 12.0. The van der Waals surface area contributed by atoms with Gasteiger partial charge in [0.15, 0.2) is 0 Å². The topological polar surface area (TPSA) is 39.4 Å². The normalized spacial score (nSPS) is 11.2. The lowest BCUT2D eigenvalue weighted by Crippen LogP contribution is -2.07. The molecule has 3 rings (SSSR count). The number of benzene rings is 2. The van der Waals surface area contributed by atoms with E-state index in [-0.39, 0.29) is 12.4 Å². The van der Waals surface area contributed by atoms with Crippen molar-refractivity contribution in [3.8, 4) is 0 Å². The van der Waals surface area contributed by atoms with Crippen LogP contribution in [0.3, 0.4) is 0 Å². The van der Waals surface area contributed by atoms with E-state index in [4.69, 9.17) is 32.4 Å². The molecular weight excluding hydrogens is 311 g/mol. The molecule has 1 aromatic heterocycles. The standard InChI is InChI=1S/C16H12Cl2O3/c1-2-20-16(19)6-9-3-4-10-11-7-12(17)13(18)8-15(11)21-14(10)5-9/h3-5,7-8H,2,6H2,1H3. The highest BCUT2D eigenvalue weighted by Gasteiger charge is 2.12. The van der Waals surface area contributed by atoms with E-state index in [1.54, 1.807) is 19.1 Å². The summed E-state index contributed by atoms with van der Waals surface area (Å²) in [4.78, 5) is 11.5. The molecule has 0 radical (unpaired) electrons. The first-order valence-electron chi connectivity index (χ1n) is 6.54. The summed E-state index contributed by atoms with van der Waals surface area (Å²) in [6.45, 7) is 2.16. The van der Waals surface area contributed by atoms with E-state index in [1.165, 1.54) is 0 Å². The summed E-state index contributed by atoms with van der Waals surface area (Å²) in [7, 11) is 0. The summed E-state index contributed by atoms with van der Waals surface area (Å²) in [5.41, 5.74) is 2.22. The fourth-order valence-electron chi connectivity index (χ4n) is 2.30. The molecule has 2 aromatic carbocycles. The van der Waals surface area contributed by atoms with Crippen LogP contribution >= 0.6 is 23.2 Å². The second kappa shape index (κ2) is 5.58. The third-order valence-electron chi connectivity index (χ3n) is 3.23. The van der Waals surface area contributed by atoms with Crippen molar-refractivity contribution >= 4 is 51.1 Å². The number of carbonyl (C=O) groups excluding carboxylic acids is 1. The smallest absolute Gasteiger partial charge is 0.310 e. The van der Waals surface area contributed by atoms with Gasteiger partial charge in [-0.2, -0.15) is 0 Å². The van der Waals surface area contributed by atoms with Crippen LogP contribution in [-0.2, 0) is 16.0 Å². The van der Waals surface area contributed by atoms with Gasteiger partial charge in [-0.3, -0.25) is 4.79 Å². The van der Waals surface area contributed by atoms with Crippen molar-refractivity contribution in [1.29, 1.82) is 0 Å². The first kappa shape index (κ1) is 14.2. The highest BCUT2D eigenvalue weighted by molar-refractivity contribution is 6.43. The van der Waals surface area contributed by atoms with Gasteiger partial charge in [-0.1, -0.05) is 35.3 Å². The summed E-state index contributed by atoms with van der Waals surface area (Å²) in [5.74, 6) is -0.251. The first-order chi connectivity index (χ1) is 10.1. The van der Waals surface area contributed by atoms with E-state index in [9.17, 15) is 4.79 Å². The van der Waals surface area contributed by atoms with E-state index in [2.05, 4.69) is 0 Å². The molecule has 21 heavy (non-hydrogen) atoms. The number of fused-ring (bicyclic) bond motifs is 3. The van der Waals surface area contributed by atoms with Crippen LogP contribution in [0.15, 0.2) is 34.7 Å². The molecule has 3 nitrogen and oxygen atoms in total. The Hall–Kier alpha value is -1.71. The molecule has 0 atom stereocenters. The summed E-state index contributed by atoms with van der Waals surface area (Å²) in [6.07, 6.45) is 0.225. The zero-order valence-corrected chi connectivity index (χ0v) is 12.8. The maximum Gasteiger partial charge on any atom is 0.310 e. The highest BCUT2D eigenvalue weighted by atomic mass is 35.5. The molecule has 0 aliphatic rings. The maximum atomic E-state index is 11.5. The number of hydrogen-bond donors (Lipinski definition) is 0. The van der Waals surface area contributed by atoms with Crippen molar-refractivity contribution in [2.75, 3.05) is 6.61 Å². The van der Waals surface area contributed by atoms with Crippen molar-refractivity contribution in [2.45, 2.75) is 13.3 Å². The Morgan fingerprint density at radius 2 is 1.81 bits per heavy atom. The third-order valence-corrected chi connectivity index (χ3v) is 3.95. The second-order valence-corrected chi connectivity index (χ2v) is 5.49. The second-order valence-electron chi connectivity index (χ2n) is 4.68. The number of hydrogen-bond acceptors (Lipinski definition) is 3. The lowest BCUT2D eigenvalue weighted by molar-refractivity contribution is -0.142. The van der Waals surface area contributed by atoms with Crippen LogP contribution in [0.1, 0.15) is 12.5 Å². The Labute approximate surface area is 131 Å².